The summed E-state index contributed by atoms with van der Waals surface area (Å²) in [5.74, 6) is 1.09. The fourth-order valence-corrected chi connectivity index (χ4v) is 6.34. The van der Waals surface area contributed by atoms with Crippen molar-refractivity contribution in [2.45, 2.75) is 44.2 Å². The van der Waals surface area contributed by atoms with Gasteiger partial charge >= 0.3 is 0 Å². The van der Waals surface area contributed by atoms with Gasteiger partial charge in [-0.05, 0) is 56.0 Å². The molecule has 35 heavy (non-hydrogen) atoms. The molecule has 9 heteroatoms. The zero-order chi connectivity index (χ0) is 25.2. The molecule has 2 aromatic carbocycles. The van der Waals surface area contributed by atoms with E-state index in [2.05, 4.69) is 11.7 Å². The zero-order valence-corrected chi connectivity index (χ0v) is 21.1. The van der Waals surface area contributed by atoms with E-state index in [-0.39, 0.29) is 18.0 Å². The number of nitrogens with zero attached hydrogens (tertiary/aromatic N) is 3. The average Bonchev–Trinajstić information content (AvgIpc) is 3.39. The Morgan fingerprint density at radius 2 is 1.97 bits per heavy atom. The summed E-state index contributed by atoms with van der Waals surface area (Å²) >= 11 is 0. The van der Waals surface area contributed by atoms with Crippen LogP contribution in [-0.2, 0) is 29.4 Å². The fourth-order valence-electron chi connectivity index (χ4n) is 4.46. The van der Waals surface area contributed by atoms with Crippen molar-refractivity contribution in [3.05, 3.63) is 77.6 Å². The minimum absolute atomic E-state index is 0.00288. The van der Waals surface area contributed by atoms with Gasteiger partial charge in [0.05, 0.1) is 30.7 Å². The van der Waals surface area contributed by atoms with Crippen LogP contribution in [0.4, 0.5) is 5.69 Å². The van der Waals surface area contributed by atoms with Crippen LogP contribution < -0.4 is 13.8 Å². The molecule has 0 radical (unpaired) electrons. The second-order valence-electron chi connectivity index (χ2n) is 8.58. The van der Waals surface area contributed by atoms with Crippen LogP contribution in [0.25, 0.3) is 0 Å². The standard InChI is InChI=1S/C26H31N3O5S/c1-5-8-20-11-12-24(25(15-20)33-4)34-17-22(30)16-28-19(3)26(18(2)27-28)35(31,32)29-14-13-21-9-6-7-10-23(21)29/h5-7,9-12,15,22,30H,1,8,13-14,16-17H2,2-4H3/t22-/m0/s1. The minimum atomic E-state index is -3.79. The summed E-state index contributed by atoms with van der Waals surface area (Å²) in [5.41, 5.74) is 3.65. The summed E-state index contributed by atoms with van der Waals surface area (Å²) in [6, 6.07) is 13.1. The number of hydrogen-bond donors (Lipinski definition) is 1. The molecule has 0 bridgehead atoms. The Morgan fingerprint density at radius 1 is 1.20 bits per heavy atom. The van der Waals surface area contributed by atoms with Gasteiger partial charge in [-0.15, -0.1) is 6.58 Å². The molecule has 0 amide bonds. The maximum absolute atomic E-state index is 13.6. The van der Waals surface area contributed by atoms with Gasteiger partial charge in [0.1, 0.15) is 17.6 Å². The Balaban J connectivity index is 1.48. The number of allylic oxidation sites excluding steroid dienone is 1. The highest BCUT2D eigenvalue weighted by atomic mass is 32.2. The SMILES string of the molecule is C=CCc1ccc(OC[C@@H](O)Cn2nc(C)c(S(=O)(=O)N3CCc4ccccc43)c2C)c(OC)c1. The number of fused-ring (bicyclic) bond motifs is 1. The number of aliphatic hydroxyl groups excluding tert-OH is 1. The van der Waals surface area contributed by atoms with Crippen molar-refractivity contribution >= 4 is 15.7 Å². The first kappa shape index (κ1) is 24.8. The molecule has 1 aliphatic heterocycles. The second kappa shape index (κ2) is 10.1. The first-order valence-corrected chi connectivity index (χ1v) is 12.9. The summed E-state index contributed by atoms with van der Waals surface area (Å²) in [7, 11) is -2.23. The zero-order valence-electron chi connectivity index (χ0n) is 20.3. The van der Waals surface area contributed by atoms with E-state index >= 15 is 0 Å². The highest BCUT2D eigenvalue weighted by molar-refractivity contribution is 7.93. The number of hydrogen-bond acceptors (Lipinski definition) is 6. The van der Waals surface area contributed by atoms with Gasteiger partial charge in [-0.2, -0.15) is 5.10 Å². The molecule has 1 atom stereocenters. The molecule has 0 fully saturated rings. The Hall–Kier alpha value is -3.30. The predicted molar refractivity (Wildman–Crippen MR) is 135 cm³/mol. The lowest BCUT2D eigenvalue weighted by atomic mass is 10.1. The van der Waals surface area contributed by atoms with E-state index in [9.17, 15) is 13.5 Å². The van der Waals surface area contributed by atoms with Crippen molar-refractivity contribution in [2.75, 3.05) is 24.6 Å². The van der Waals surface area contributed by atoms with E-state index in [1.54, 1.807) is 27.0 Å². The number of rotatable bonds is 10. The Bertz CT molecular complexity index is 1330. The average molecular weight is 498 g/mol. The quantitative estimate of drug-likeness (QED) is 0.432. The number of para-hydroxylation sites is 1. The van der Waals surface area contributed by atoms with Gasteiger partial charge in [0.2, 0.25) is 0 Å². The number of sulfonamides is 1. The van der Waals surface area contributed by atoms with Crippen LogP contribution in [0.3, 0.4) is 0 Å². The van der Waals surface area contributed by atoms with Crippen molar-refractivity contribution < 1.29 is 23.0 Å². The molecule has 3 aromatic rings. The molecule has 8 nitrogen and oxygen atoms in total. The highest BCUT2D eigenvalue weighted by Gasteiger charge is 2.35. The van der Waals surface area contributed by atoms with Crippen LogP contribution in [0, 0.1) is 13.8 Å². The van der Waals surface area contributed by atoms with Gasteiger partial charge in [-0.25, -0.2) is 8.42 Å². The van der Waals surface area contributed by atoms with Crippen molar-refractivity contribution in [1.82, 2.24) is 9.78 Å². The number of aryl methyl sites for hydroxylation is 1. The number of anilines is 1. The van der Waals surface area contributed by atoms with E-state index in [1.807, 2.05) is 42.5 Å². The largest absolute Gasteiger partial charge is 0.493 e. The van der Waals surface area contributed by atoms with Crippen molar-refractivity contribution in [1.29, 1.82) is 0 Å². The van der Waals surface area contributed by atoms with Crippen LogP contribution >= 0.6 is 0 Å². The first-order valence-electron chi connectivity index (χ1n) is 11.5. The monoisotopic (exact) mass is 497 g/mol. The van der Waals surface area contributed by atoms with E-state index in [0.717, 1.165) is 11.1 Å². The number of aromatic nitrogens is 2. The Kier molecular flexibility index (Phi) is 7.18. The molecule has 0 spiro atoms. The predicted octanol–water partition coefficient (Wildman–Crippen LogP) is 3.43. The van der Waals surface area contributed by atoms with Crippen LogP contribution in [0.15, 0.2) is 60.0 Å². The number of aliphatic hydroxyl groups is 1. The summed E-state index contributed by atoms with van der Waals surface area (Å²) in [5, 5.41) is 15.1. The third-order valence-electron chi connectivity index (χ3n) is 6.13. The lowest BCUT2D eigenvalue weighted by molar-refractivity contribution is 0.0872. The van der Waals surface area contributed by atoms with Gasteiger partial charge < -0.3 is 14.6 Å². The van der Waals surface area contributed by atoms with Crippen molar-refractivity contribution in [3.63, 3.8) is 0 Å². The molecule has 0 saturated carbocycles. The molecule has 1 aromatic heterocycles. The van der Waals surface area contributed by atoms with Gasteiger partial charge in [0.25, 0.3) is 10.0 Å². The maximum Gasteiger partial charge on any atom is 0.268 e. The maximum atomic E-state index is 13.6. The molecule has 2 heterocycles. The molecule has 0 aliphatic carbocycles. The third kappa shape index (κ3) is 4.92. The smallest absolute Gasteiger partial charge is 0.268 e. The molecular weight excluding hydrogens is 466 g/mol. The normalized spacial score (nSPS) is 14.0. The van der Waals surface area contributed by atoms with E-state index in [0.29, 0.717) is 48.0 Å². The van der Waals surface area contributed by atoms with E-state index < -0.39 is 16.1 Å². The molecular formula is C26H31N3O5S. The second-order valence-corrected chi connectivity index (χ2v) is 10.4. The highest BCUT2D eigenvalue weighted by Crippen LogP contribution is 2.34. The van der Waals surface area contributed by atoms with Crippen LogP contribution in [0.2, 0.25) is 0 Å². The molecule has 1 aliphatic rings. The van der Waals surface area contributed by atoms with Gasteiger partial charge in [-0.1, -0.05) is 30.3 Å². The Labute approximate surface area is 206 Å². The summed E-state index contributed by atoms with van der Waals surface area (Å²) < 4.78 is 41.3. The van der Waals surface area contributed by atoms with Crippen LogP contribution in [0.5, 0.6) is 11.5 Å². The van der Waals surface area contributed by atoms with E-state index in [1.165, 1.54) is 8.99 Å². The molecule has 0 unspecified atom stereocenters. The van der Waals surface area contributed by atoms with Crippen LogP contribution in [-0.4, -0.2) is 49.7 Å². The number of benzene rings is 2. The summed E-state index contributed by atoms with van der Waals surface area (Å²) in [6.45, 7) is 7.62. The number of methoxy groups -OCH3 is 1. The first-order chi connectivity index (χ1) is 16.8. The van der Waals surface area contributed by atoms with Gasteiger partial charge in [0.15, 0.2) is 11.5 Å². The van der Waals surface area contributed by atoms with Crippen molar-refractivity contribution in [2.24, 2.45) is 0 Å². The van der Waals surface area contributed by atoms with Gasteiger partial charge in [-0.3, -0.25) is 8.99 Å². The topological polar surface area (TPSA) is 93.9 Å². The van der Waals surface area contributed by atoms with Crippen molar-refractivity contribution in [3.8, 4) is 11.5 Å². The number of ether oxygens (including phenoxy) is 2. The van der Waals surface area contributed by atoms with Gasteiger partial charge in [0, 0.05) is 6.54 Å². The molecule has 4 rings (SSSR count). The molecule has 1 N–H and O–H groups in total. The fraction of sp³-hybridized carbons (Fsp3) is 0.346. The lowest BCUT2D eigenvalue weighted by Gasteiger charge is -2.20. The molecule has 0 saturated heterocycles. The third-order valence-corrected chi connectivity index (χ3v) is 8.20. The van der Waals surface area contributed by atoms with E-state index in [4.69, 9.17) is 9.47 Å². The summed E-state index contributed by atoms with van der Waals surface area (Å²) in [6.07, 6.45) is 2.29. The molecule has 186 valence electrons. The minimum Gasteiger partial charge on any atom is -0.493 e. The lowest BCUT2D eigenvalue weighted by Crippen LogP contribution is -2.30. The van der Waals surface area contributed by atoms with Crippen LogP contribution in [0.1, 0.15) is 22.5 Å². The summed E-state index contributed by atoms with van der Waals surface area (Å²) in [4.78, 5) is 0.182. The Morgan fingerprint density at radius 3 is 2.71 bits per heavy atom.